The predicted octanol–water partition coefficient (Wildman–Crippen LogP) is 2.40. The van der Waals surface area contributed by atoms with Gasteiger partial charge in [0.2, 0.25) is 0 Å². The summed E-state index contributed by atoms with van der Waals surface area (Å²) in [5.74, 6) is 1.49. The van der Waals surface area contributed by atoms with Crippen molar-refractivity contribution in [2.75, 3.05) is 19.8 Å². The molecule has 0 radical (unpaired) electrons. The van der Waals surface area contributed by atoms with E-state index < -0.39 is 6.10 Å². The van der Waals surface area contributed by atoms with Crippen molar-refractivity contribution in [1.82, 2.24) is 0 Å². The number of aliphatic hydroxyl groups excluding tert-OH is 1. The lowest BCUT2D eigenvalue weighted by atomic mass is 9.68. The molecule has 0 saturated heterocycles. The lowest BCUT2D eigenvalue weighted by Gasteiger charge is -2.40. The van der Waals surface area contributed by atoms with E-state index in [1.165, 1.54) is 6.42 Å². The van der Waals surface area contributed by atoms with E-state index in [0.29, 0.717) is 19.8 Å². The smallest absolute Gasteiger partial charge is 0.161 e. The van der Waals surface area contributed by atoms with Crippen LogP contribution in [-0.2, 0) is 0 Å². The number of benzene rings is 1. The van der Waals surface area contributed by atoms with Gasteiger partial charge in [0, 0.05) is 12.0 Å². The van der Waals surface area contributed by atoms with Crippen LogP contribution in [0.1, 0.15) is 43.8 Å². The van der Waals surface area contributed by atoms with Crippen LogP contribution >= 0.6 is 0 Å². The fourth-order valence-electron chi connectivity index (χ4n) is 3.43. The molecule has 1 saturated carbocycles. The minimum absolute atomic E-state index is 0.179. The molecule has 3 rings (SSSR count). The van der Waals surface area contributed by atoms with Crippen molar-refractivity contribution in [3.05, 3.63) is 23.8 Å². The molecule has 1 atom stereocenters. The molecule has 1 aliphatic carbocycles. The molecule has 0 bridgehead atoms. The number of nitrogens with two attached hydrogens (primary N) is 1. The summed E-state index contributed by atoms with van der Waals surface area (Å²) in [6.07, 6.45) is 5.02. The number of ether oxygens (including phenoxy) is 2. The van der Waals surface area contributed by atoms with Gasteiger partial charge in [-0.25, -0.2) is 0 Å². The van der Waals surface area contributed by atoms with Crippen LogP contribution < -0.4 is 15.2 Å². The van der Waals surface area contributed by atoms with E-state index in [2.05, 4.69) is 0 Å². The highest BCUT2D eigenvalue weighted by atomic mass is 16.6. The Labute approximate surface area is 119 Å². The van der Waals surface area contributed by atoms with Gasteiger partial charge in [0.05, 0.1) is 6.10 Å². The van der Waals surface area contributed by atoms with Gasteiger partial charge < -0.3 is 20.3 Å². The molecule has 0 aromatic heterocycles. The van der Waals surface area contributed by atoms with Crippen LogP contribution in [0, 0.1) is 5.41 Å². The van der Waals surface area contributed by atoms with Crippen molar-refractivity contribution < 1.29 is 14.6 Å². The van der Waals surface area contributed by atoms with Crippen LogP contribution in [0.15, 0.2) is 18.2 Å². The third kappa shape index (κ3) is 2.38. The molecule has 0 amide bonds. The third-order valence-electron chi connectivity index (χ3n) is 4.72. The molecule has 1 aromatic carbocycles. The van der Waals surface area contributed by atoms with E-state index in [4.69, 9.17) is 15.2 Å². The summed E-state index contributed by atoms with van der Waals surface area (Å²) in [7, 11) is 0. The summed E-state index contributed by atoms with van der Waals surface area (Å²) >= 11 is 0. The Morgan fingerprint density at radius 2 is 1.80 bits per heavy atom. The highest BCUT2D eigenvalue weighted by molar-refractivity contribution is 5.44. The zero-order valence-corrected chi connectivity index (χ0v) is 11.8. The maximum Gasteiger partial charge on any atom is 0.161 e. The predicted molar refractivity (Wildman–Crippen MR) is 77.0 cm³/mol. The summed E-state index contributed by atoms with van der Waals surface area (Å²) in [5, 5.41) is 10.8. The summed E-state index contributed by atoms with van der Waals surface area (Å²) in [6.45, 7) is 1.68. The summed E-state index contributed by atoms with van der Waals surface area (Å²) in [4.78, 5) is 0. The van der Waals surface area contributed by atoms with Crippen molar-refractivity contribution in [3.8, 4) is 11.5 Å². The van der Waals surface area contributed by atoms with E-state index in [-0.39, 0.29) is 5.41 Å². The second kappa shape index (κ2) is 5.62. The van der Waals surface area contributed by atoms with E-state index in [9.17, 15) is 5.11 Å². The highest BCUT2D eigenvalue weighted by Crippen LogP contribution is 2.46. The van der Waals surface area contributed by atoms with Gasteiger partial charge in [0.1, 0.15) is 13.2 Å². The van der Waals surface area contributed by atoms with Crippen molar-refractivity contribution in [1.29, 1.82) is 0 Å². The zero-order chi connectivity index (χ0) is 14.0. The Hall–Kier alpha value is -1.26. The Kier molecular flexibility index (Phi) is 3.85. The molecule has 1 aliphatic heterocycles. The molecule has 4 nitrogen and oxygen atoms in total. The van der Waals surface area contributed by atoms with Crippen molar-refractivity contribution in [2.45, 2.75) is 38.2 Å². The topological polar surface area (TPSA) is 64.7 Å². The Balaban J connectivity index is 1.87. The summed E-state index contributed by atoms with van der Waals surface area (Å²) in [6, 6.07) is 5.73. The van der Waals surface area contributed by atoms with Crippen LogP contribution in [-0.4, -0.2) is 24.9 Å². The number of hydrogen-bond donors (Lipinski definition) is 2. The summed E-state index contributed by atoms with van der Waals surface area (Å²) < 4.78 is 11.1. The highest BCUT2D eigenvalue weighted by Gasteiger charge is 2.38. The molecule has 1 aromatic rings. The molecule has 3 N–H and O–H groups in total. The normalized spacial score (nSPS) is 22.3. The fourth-order valence-corrected chi connectivity index (χ4v) is 3.43. The van der Waals surface area contributed by atoms with Gasteiger partial charge in [-0.1, -0.05) is 25.3 Å². The molecule has 1 heterocycles. The lowest BCUT2D eigenvalue weighted by Crippen LogP contribution is -2.38. The molecular formula is C16H23NO3. The van der Waals surface area contributed by atoms with E-state index >= 15 is 0 Å². The quantitative estimate of drug-likeness (QED) is 0.890. The van der Waals surface area contributed by atoms with Gasteiger partial charge in [-0.05, 0) is 30.5 Å². The minimum Gasteiger partial charge on any atom is -0.486 e. The fraction of sp³-hybridized carbons (Fsp3) is 0.625. The first kappa shape index (κ1) is 13.7. The van der Waals surface area contributed by atoms with Crippen LogP contribution in [0.5, 0.6) is 11.5 Å². The molecule has 1 fully saturated rings. The van der Waals surface area contributed by atoms with Crippen molar-refractivity contribution >= 4 is 0 Å². The van der Waals surface area contributed by atoms with Gasteiger partial charge >= 0.3 is 0 Å². The first-order valence-corrected chi connectivity index (χ1v) is 7.53. The van der Waals surface area contributed by atoms with Crippen molar-refractivity contribution in [3.63, 3.8) is 0 Å². The molecule has 110 valence electrons. The number of rotatable bonds is 3. The maximum absolute atomic E-state index is 10.8. The minimum atomic E-state index is -0.524. The second-order valence-corrected chi connectivity index (χ2v) is 5.93. The molecule has 2 aliphatic rings. The van der Waals surface area contributed by atoms with Gasteiger partial charge in [0.25, 0.3) is 0 Å². The lowest BCUT2D eigenvalue weighted by molar-refractivity contribution is 0.000408. The number of fused-ring (bicyclic) bond motifs is 1. The SMILES string of the molecule is NCC1(C(O)c2ccc3c(c2)OCCO3)CCCCC1. The molecule has 0 spiro atoms. The van der Waals surface area contributed by atoms with Crippen LogP contribution in [0.3, 0.4) is 0 Å². The second-order valence-electron chi connectivity index (χ2n) is 5.93. The Morgan fingerprint density at radius 1 is 1.10 bits per heavy atom. The standard InChI is InChI=1S/C16H23NO3/c17-11-16(6-2-1-3-7-16)15(18)12-4-5-13-14(10-12)20-9-8-19-13/h4-5,10,15,18H,1-3,6-9,11,17H2. The van der Waals surface area contributed by atoms with E-state index in [0.717, 1.165) is 42.7 Å². The van der Waals surface area contributed by atoms with Crippen molar-refractivity contribution in [2.24, 2.45) is 11.1 Å². The molecule has 20 heavy (non-hydrogen) atoms. The number of aliphatic hydroxyl groups is 1. The Bertz CT molecular complexity index is 469. The summed E-state index contributed by atoms with van der Waals surface area (Å²) in [5.41, 5.74) is 6.71. The first-order chi connectivity index (χ1) is 9.75. The van der Waals surface area contributed by atoms with E-state index in [1.54, 1.807) is 0 Å². The third-order valence-corrected chi connectivity index (χ3v) is 4.72. The largest absolute Gasteiger partial charge is 0.486 e. The van der Waals surface area contributed by atoms with Crippen LogP contribution in [0.2, 0.25) is 0 Å². The van der Waals surface area contributed by atoms with Gasteiger partial charge in [0.15, 0.2) is 11.5 Å². The molecule has 1 unspecified atom stereocenters. The van der Waals surface area contributed by atoms with Gasteiger partial charge in [-0.3, -0.25) is 0 Å². The van der Waals surface area contributed by atoms with Gasteiger partial charge in [-0.15, -0.1) is 0 Å². The average molecular weight is 277 g/mol. The molecular weight excluding hydrogens is 254 g/mol. The maximum atomic E-state index is 10.8. The van der Waals surface area contributed by atoms with E-state index in [1.807, 2.05) is 18.2 Å². The molecule has 4 heteroatoms. The van der Waals surface area contributed by atoms with Gasteiger partial charge in [-0.2, -0.15) is 0 Å². The monoisotopic (exact) mass is 277 g/mol. The number of hydrogen-bond acceptors (Lipinski definition) is 4. The average Bonchev–Trinajstić information content (AvgIpc) is 2.54. The van der Waals surface area contributed by atoms with Crippen LogP contribution in [0.4, 0.5) is 0 Å². The zero-order valence-electron chi connectivity index (χ0n) is 11.8. The first-order valence-electron chi connectivity index (χ1n) is 7.53. The Morgan fingerprint density at radius 3 is 2.50 bits per heavy atom. The van der Waals surface area contributed by atoms with Crippen LogP contribution in [0.25, 0.3) is 0 Å².